The molecule has 120 valence electrons. The summed E-state index contributed by atoms with van der Waals surface area (Å²) in [5.74, 6) is 1.23. The lowest BCUT2D eigenvalue weighted by Crippen LogP contribution is -2.38. The van der Waals surface area contributed by atoms with Crippen LogP contribution in [0.3, 0.4) is 0 Å². The van der Waals surface area contributed by atoms with Crippen molar-refractivity contribution in [1.29, 1.82) is 0 Å². The Morgan fingerprint density at radius 3 is 2.78 bits per heavy atom. The van der Waals surface area contributed by atoms with Crippen molar-refractivity contribution in [3.63, 3.8) is 0 Å². The summed E-state index contributed by atoms with van der Waals surface area (Å²) in [6.07, 6.45) is 4.43. The molecule has 5 nitrogen and oxygen atoms in total. The van der Waals surface area contributed by atoms with E-state index in [2.05, 4.69) is 16.4 Å². The van der Waals surface area contributed by atoms with E-state index in [0.29, 0.717) is 12.5 Å². The van der Waals surface area contributed by atoms with E-state index in [9.17, 15) is 4.79 Å². The van der Waals surface area contributed by atoms with Crippen LogP contribution in [0, 0.1) is 0 Å². The maximum Gasteiger partial charge on any atom is 0.317 e. The third-order valence-electron chi connectivity index (χ3n) is 4.15. The highest BCUT2D eigenvalue weighted by Crippen LogP contribution is 2.44. The fraction of sp³-hybridized carbons (Fsp3) is 0.333. The Morgan fingerprint density at radius 1 is 1.30 bits per heavy atom. The van der Waals surface area contributed by atoms with Gasteiger partial charge in [-0.25, -0.2) is 4.79 Å². The van der Waals surface area contributed by atoms with Crippen LogP contribution in [0.15, 0.2) is 48.8 Å². The second-order valence-electron chi connectivity index (χ2n) is 5.85. The number of para-hydroxylation sites is 1. The minimum atomic E-state index is -0.0517. The van der Waals surface area contributed by atoms with Crippen LogP contribution >= 0.6 is 0 Å². The average molecular weight is 311 g/mol. The van der Waals surface area contributed by atoms with Crippen molar-refractivity contribution in [1.82, 2.24) is 15.2 Å². The topological polar surface area (TPSA) is 54.5 Å². The van der Waals surface area contributed by atoms with Crippen LogP contribution in [-0.2, 0) is 6.54 Å². The van der Waals surface area contributed by atoms with E-state index in [0.717, 1.165) is 23.3 Å². The van der Waals surface area contributed by atoms with Gasteiger partial charge < -0.3 is 15.0 Å². The van der Waals surface area contributed by atoms with Crippen LogP contribution in [-0.4, -0.2) is 36.1 Å². The third-order valence-corrected chi connectivity index (χ3v) is 4.15. The summed E-state index contributed by atoms with van der Waals surface area (Å²) < 4.78 is 5.40. The quantitative estimate of drug-likeness (QED) is 0.924. The number of hydrogen-bond acceptors (Lipinski definition) is 3. The van der Waals surface area contributed by atoms with Gasteiger partial charge in [0.05, 0.1) is 7.11 Å². The van der Waals surface area contributed by atoms with Gasteiger partial charge in [0.1, 0.15) is 5.75 Å². The number of carbonyl (C=O) groups excluding carboxylic acids is 1. The molecule has 5 heteroatoms. The minimum absolute atomic E-state index is 0.0517. The van der Waals surface area contributed by atoms with Crippen molar-refractivity contribution in [3.05, 3.63) is 59.9 Å². The second-order valence-corrected chi connectivity index (χ2v) is 5.85. The van der Waals surface area contributed by atoms with Crippen molar-refractivity contribution in [2.45, 2.75) is 24.9 Å². The van der Waals surface area contributed by atoms with E-state index < -0.39 is 0 Å². The lowest BCUT2D eigenvalue weighted by molar-refractivity contribution is 0.206. The number of urea groups is 1. The number of methoxy groups -OCH3 is 1. The molecule has 1 aliphatic rings. The molecule has 0 saturated heterocycles. The Bertz CT molecular complexity index is 675. The van der Waals surface area contributed by atoms with Crippen LogP contribution in [0.25, 0.3) is 0 Å². The number of hydrogen-bond donors (Lipinski definition) is 1. The Labute approximate surface area is 136 Å². The van der Waals surface area contributed by atoms with E-state index in [-0.39, 0.29) is 12.1 Å². The van der Waals surface area contributed by atoms with Crippen molar-refractivity contribution in [2.75, 3.05) is 14.2 Å². The molecule has 1 aromatic carbocycles. The number of aromatic nitrogens is 1. The Hall–Kier alpha value is -2.56. The number of ether oxygens (including phenoxy) is 1. The number of rotatable bonds is 5. The van der Waals surface area contributed by atoms with Crippen molar-refractivity contribution in [3.8, 4) is 5.75 Å². The van der Waals surface area contributed by atoms with Gasteiger partial charge in [-0.05, 0) is 35.7 Å². The number of pyridine rings is 1. The first-order valence-corrected chi connectivity index (χ1v) is 7.72. The van der Waals surface area contributed by atoms with Gasteiger partial charge in [-0.2, -0.15) is 0 Å². The first kappa shape index (κ1) is 15.3. The molecule has 1 fully saturated rings. The molecule has 1 saturated carbocycles. The molecule has 3 rings (SSSR count). The van der Waals surface area contributed by atoms with Crippen LogP contribution < -0.4 is 10.1 Å². The zero-order chi connectivity index (χ0) is 16.2. The zero-order valence-corrected chi connectivity index (χ0v) is 13.4. The molecule has 1 aromatic heterocycles. The normalized spacial score (nSPS) is 19.0. The van der Waals surface area contributed by atoms with Crippen molar-refractivity contribution in [2.24, 2.45) is 0 Å². The number of nitrogens with one attached hydrogen (secondary N) is 1. The molecule has 2 amide bonds. The highest BCUT2D eigenvalue weighted by Gasteiger charge is 2.41. The fourth-order valence-electron chi connectivity index (χ4n) is 2.77. The van der Waals surface area contributed by atoms with Crippen LogP contribution in [0.1, 0.15) is 23.5 Å². The fourth-order valence-corrected chi connectivity index (χ4v) is 2.77. The lowest BCUT2D eigenvalue weighted by atomic mass is 10.1. The van der Waals surface area contributed by atoms with Crippen molar-refractivity contribution >= 4 is 6.03 Å². The van der Waals surface area contributed by atoms with Crippen LogP contribution in [0.4, 0.5) is 4.79 Å². The first-order valence-electron chi connectivity index (χ1n) is 7.72. The molecule has 0 radical (unpaired) electrons. The van der Waals surface area contributed by atoms with E-state index in [4.69, 9.17) is 4.74 Å². The monoisotopic (exact) mass is 311 g/mol. The lowest BCUT2D eigenvalue weighted by Gasteiger charge is -2.18. The SMILES string of the molecule is COc1ccccc1[C@@H]1C[C@H]1NC(=O)N(C)Cc1ccncc1. The molecule has 0 unspecified atom stereocenters. The Morgan fingerprint density at radius 2 is 2.04 bits per heavy atom. The maximum atomic E-state index is 12.3. The molecule has 1 N–H and O–H groups in total. The van der Waals surface area contributed by atoms with Crippen LogP contribution in [0.5, 0.6) is 5.75 Å². The van der Waals surface area contributed by atoms with Crippen LogP contribution in [0.2, 0.25) is 0 Å². The number of benzene rings is 1. The molecule has 1 heterocycles. The predicted molar refractivity (Wildman–Crippen MR) is 88.4 cm³/mol. The predicted octanol–water partition coefficient (Wildman–Crippen LogP) is 2.79. The Balaban J connectivity index is 1.55. The summed E-state index contributed by atoms with van der Waals surface area (Å²) in [6.45, 7) is 0.570. The number of amides is 2. The van der Waals surface area contributed by atoms with E-state index >= 15 is 0 Å². The van der Waals surface area contributed by atoms with E-state index in [1.54, 1.807) is 31.5 Å². The van der Waals surface area contributed by atoms with Gasteiger partial charge in [0.2, 0.25) is 0 Å². The summed E-state index contributed by atoms with van der Waals surface area (Å²) in [5, 5.41) is 3.09. The molecule has 1 aliphatic carbocycles. The molecule has 23 heavy (non-hydrogen) atoms. The summed E-state index contributed by atoms with van der Waals surface area (Å²) in [4.78, 5) is 18.0. The number of nitrogens with zero attached hydrogens (tertiary/aromatic N) is 2. The van der Waals surface area contributed by atoms with Gasteiger partial charge >= 0.3 is 6.03 Å². The largest absolute Gasteiger partial charge is 0.496 e. The van der Waals surface area contributed by atoms with Gasteiger partial charge in [0.25, 0.3) is 0 Å². The smallest absolute Gasteiger partial charge is 0.317 e. The second kappa shape index (κ2) is 6.69. The maximum absolute atomic E-state index is 12.3. The first-order chi connectivity index (χ1) is 11.2. The molecule has 0 bridgehead atoms. The Kier molecular flexibility index (Phi) is 4.46. The summed E-state index contributed by atoms with van der Waals surface area (Å²) in [5.41, 5.74) is 2.23. The standard InChI is InChI=1S/C18H21N3O2/c1-21(12-13-7-9-19-10-8-13)18(22)20-16-11-15(16)14-5-3-4-6-17(14)23-2/h3-10,15-16H,11-12H2,1-2H3,(H,20,22)/t15-,16+/m0/s1. The van der Waals surface area contributed by atoms with E-state index in [1.807, 2.05) is 30.3 Å². The van der Waals surface area contributed by atoms with E-state index in [1.165, 1.54) is 0 Å². The van der Waals surface area contributed by atoms with Gasteiger partial charge in [-0.1, -0.05) is 18.2 Å². The van der Waals surface area contributed by atoms with Gasteiger partial charge in [-0.3, -0.25) is 4.98 Å². The minimum Gasteiger partial charge on any atom is -0.496 e. The van der Waals surface area contributed by atoms with Crippen molar-refractivity contribution < 1.29 is 9.53 Å². The summed E-state index contributed by atoms with van der Waals surface area (Å²) in [7, 11) is 3.48. The summed E-state index contributed by atoms with van der Waals surface area (Å²) in [6, 6.07) is 11.9. The molecule has 2 atom stereocenters. The highest BCUT2D eigenvalue weighted by atomic mass is 16.5. The average Bonchev–Trinajstić information content (AvgIpc) is 3.34. The molecule has 0 spiro atoms. The molecular formula is C18H21N3O2. The molecule has 0 aliphatic heterocycles. The molecule has 2 aromatic rings. The third kappa shape index (κ3) is 3.62. The van der Waals surface area contributed by atoms with Gasteiger partial charge in [0.15, 0.2) is 0 Å². The number of carbonyl (C=O) groups is 1. The zero-order valence-electron chi connectivity index (χ0n) is 13.4. The molecular weight excluding hydrogens is 290 g/mol. The van der Waals surface area contributed by atoms with Gasteiger partial charge in [-0.15, -0.1) is 0 Å². The van der Waals surface area contributed by atoms with Gasteiger partial charge in [0, 0.05) is 37.9 Å². The summed E-state index contributed by atoms with van der Waals surface area (Å²) >= 11 is 0. The highest BCUT2D eigenvalue weighted by molar-refractivity contribution is 5.75.